The molecule has 9 nitrogen and oxygen atoms in total. The lowest BCUT2D eigenvalue weighted by Crippen LogP contribution is -2.04. The number of furan rings is 1. The first-order chi connectivity index (χ1) is 16.7. The average Bonchev–Trinajstić information content (AvgIpc) is 3.60. The smallest absolute Gasteiger partial charge is 0.337 e. The molecule has 0 saturated heterocycles. The van der Waals surface area contributed by atoms with Crippen molar-refractivity contribution >= 4 is 34.1 Å². The van der Waals surface area contributed by atoms with Crippen LogP contribution in [0.1, 0.15) is 22.5 Å². The summed E-state index contributed by atoms with van der Waals surface area (Å²) in [5.74, 6) is 1.18. The van der Waals surface area contributed by atoms with Gasteiger partial charge in [-0.3, -0.25) is 0 Å². The van der Waals surface area contributed by atoms with Crippen LogP contribution in [0.4, 0.5) is 6.01 Å². The van der Waals surface area contributed by atoms with Crippen LogP contribution in [0.2, 0.25) is 0 Å². The monoisotopic (exact) mass is 460 g/mol. The van der Waals surface area contributed by atoms with Crippen LogP contribution in [-0.4, -0.2) is 41.3 Å². The predicted octanol–water partition coefficient (Wildman–Crippen LogP) is 4.87. The summed E-state index contributed by atoms with van der Waals surface area (Å²) in [6.07, 6.45) is 2.45. The number of hydrogen-bond acceptors (Lipinski definition) is 8. The van der Waals surface area contributed by atoms with E-state index in [9.17, 15) is 4.79 Å². The van der Waals surface area contributed by atoms with Crippen LogP contribution in [0.15, 0.2) is 63.6 Å². The number of rotatable bonds is 9. The summed E-state index contributed by atoms with van der Waals surface area (Å²) in [4.78, 5) is 21.4. The van der Waals surface area contributed by atoms with Crippen molar-refractivity contribution in [3.8, 4) is 11.4 Å². The third-order valence-electron chi connectivity index (χ3n) is 5.54. The molecule has 174 valence electrons. The zero-order valence-corrected chi connectivity index (χ0v) is 18.9. The van der Waals surface area contributed by atoms with E-state index >= 15 is 0 Å². The Kier molecular flexibility index (Phi) is 6.01. The fourth-order valence-corrected chi connectivity index (χ4v) is 3.91. The van der Waals surface area contributed by atoms with E-state index in [1.54, 1.807) is 25.5 Å². The fourth-order valence-electron chi connectivity index (χ4n) is 3.91. The van der Waals surface area contributed by atoms with Crippen molar-refractivity contribution in [2.75, 3.05) is 26.1 Å². The third kappa shape index (κ3) is 4.25. The summed E-state index contributed by atoms with van der Waals surface area (Å²) in [5.41, 5.74) is 4.39. The van der Waals surface area contributed by atoms with Gasteiger partial charge in [-0.1, -0.05) is 0 Å². The van der Waals surface area contributed by atoms with Gasteiger partial charge in [0.05, 0.1) is 36.5 Å². The van der Waals surface area contributed by atoms with Gasteiger partial charge in [0.25, 0.3) is 6.01 Å². The average molecular weight is 460 g/mol. The van der Waals surface area contributed by atoms with Gasteiger partial charge >= 0.3 is 5.97 Å². The lowest BCUT2D eigenvalue weighted by atomic mass is 10.2. The van der Waals surface area contributed by atoms with Crippen molar-refractivity contribution in [1.82, 2.24) is 14.5 Å². The second-order valence-electron chi connectivity index (χ2n) is 7.76. The molecular formula is C25H24N4O5. The van der Waals surface area contributed by atoms with E-state index in [1.165, 1.54) is 7.11 Å². The van der Waals surface area contributed by atoms with E-state index in [2.05, 4.69) is 14.9 Å². The summed E-state index contributed by atoms with van der Waals surface area (Å²) in [6.45, 7) is 1.82. The highest BCUT2D eigenvalue weighted by molar-refractivity contribution is 5.94. The molecule has 3 heterocycles. The predicted molar refractivity (Wildman–Crippen MR) is 127 cm³/mol. The second-order valence-corrected chi connectivity index (χ2v) is 7.76. The van der Waals surface area contributed by atoms with Crippen molar-refractivity contribution in [3.63, 3.8) is 0 Å². The van der Waals surface area contributed by atoms with Crippen molar-refractivity contribution < 1.29 is 23.1 Å². The number of benzene rings is 2. The number of fused-ring (bicyclic) bond motifs is 2. The first-order valence-electron chi connectivity index (χ1n) is 10.9. The second kappa shape index (κ2) is 9.40. The molecule has 0 aliphatic rings. The molecule has 1 N–H and O–H groups in total. The van der Waals surface area contributed by atoms with Gasteiger partial charge in [0.1, 0.15) is 17.1 Å². The molecule has 0 spiro atoms. The molecule has 34 heavy (non-hydrogen) atoms. The topological polar surface area (TPSA) is 105 Å². The SMILES string of the molecule is COCCCn1c(-c2ccc3oc(NCc4ccco4)nc3c2)nc2cc(C(=O)OC)ccc21. The summed E-state index contributed by atoms with van der Waals surface area (Å²) >= 11 is 0. The van der Waals surface area contributed by atoms with E-state index in [0.29, 0.717) is 42.4 Å². The quantitative estimate of drug-likeness (QED) is 0.245. The number of carbonyl (C=O) groups excluding carboxylic acids is 1. The maximum Gasteiger partial charge on any atom is 0.337 e. The van der Waals surface area contributed by atoms with Gasteiger partial charge in [-0.05, 0) is 55.0 Å². The Morgan fingerprint density at radius 1 is 1.09 bits per heavy atom. The number of aromatic nitrogens is 3. The normalized spacial score (nSPS) is 11.4. The van der Waals surface area contributed by atoms with Crippen LogP contribution in [0.5, 0.6) is 0 Å². The molecule has 3 aromatic heterocycles. The molecule has 0 bridgehead atoms. The highest BCUT2D eigenvalue weighted by Crippen LogP contribution is 2.30. The Hall–Kier alpha value is -4.11. The molecule has 5 rings (SSSR count). The molecular weight excluding hydrogens is 436 g/mol. The Bertz CT molecular complexity index is 1430. The number of oxazole rings is 1. The molecule has 0 atom stereocenters. The Labute approximate surface area is 195 Å². The number of nitrogens with one attached hydrogen (secondary N) is 1. The van der Waals surface area contributed by atoms with Gasteiger partial charge in [-0.25, -0.2) is 9.78 Å². The summed E-state index contributed by atoms with van der Waals surface area (Å²) < 4.78 is 23.4. The molecule has 0 aliphatic heterocycles. The lowest BCUT2D eigenvalue weighted by Gasteiger charge is -2.09. The van der Waals surface area contributed by atoms with E-state index in [0.717, 1.165) is 34.6 Å². The number of hydrogen-bond donors (Lipinski definition) is 1. The maximum atomic E-state index is 12.0. The fraction of sp³-hybridized carbons (Fsp3) is 0.240. The highest BCUT2D eigenvalue weighted by Gasteiger charge is 2.17. The van der Waals surface area contributed by atoms with Crippen LogP contribution < -0.4 is 5.32 Å². The third-order valence-corrected chi connectivity index (χ3v) is 5.54. The van der Waals surface area contributed by atoms with Crippen LogP contribution in [0.3, 0.4) is 0 Å². The number of carbonyl (C=O) groups is 1. The van der Waals surface area contributed by atoms with Gasteiger partial charge in [0.15, 0.2) is 5.58 Å². The number of anilines is 1. The van der Waals surface area contributed by atoms with Crippen molar-refractivity contribution in [2.45, 2.75) is 19.5 Å². The molecule has 0 aliphatic carbocycles. The number of imidazole rings is 1. The van der Waals surface area contributed by atoms with Gasteiger partial charge in [0, 0.05) is 25.8 Å². The molecule has 0 amide bonds. The van der Waals surface area contributed by atoms with Crippen LogP contribution in [0.25, 0.3) is 33.5 Å². The van der Waals surface area contributed by atoms with Gasteiger partial charge in [-0.15, -0.1) is 0 Å². The number of aryl methyl sites for hydroxylation is 1. The standard InChI is InChI=1S/C25H24N4O5/c1-31-11-4-10-29-21-8-6-17(24(30)32-2)14-19(21)27-23(29)16-7-9-22-20(13-16)28-25(34-22)26-15-18-5-3-12-33-18/h3,5-9,12-14H,4,10-11,15H2,1-2H3,(H,26,28). The summed E-state index contributed by atoms with van der Waals surface area (Å²) in [5, 5.41) is 3.14. The molecule has 0 fully saturated rings. The van der Waals surface area contributed by atoms with Crippen LogP contribution in [-0.2, 0) is 22.6 Å². The first-order valence-corrected chi connectivity index (χ1v) is 10.9. The van der Waals surface area contributed by atoms with Gasteiger partial charge in [-0.2, -0.15) is 4.98 Å². The molecule has 2 aromatic carbocycles. The minimum absolute atomic E-state index is 0.393. The van der Waals surface area contributed by atoms with E-state index in [-0.39, 0.29) is 0 Å². The number of esters is 1. The van der Waals surface area contributed by atoms with Crippen molar-refractivity contribution in [3.05, 3.63) is 66.1 Å². The van der Waals surface area contributed by atoms with Crippen molar-refractivity contribution in [2.24, 2.45) is 0 Å². The van der Waals surface area contributed by atoms with Gasteiger partial charge < -0.3 is 28.2 Å². The molecule has 0 saturated carbocycles. The minimum Gasteiger partial charge on any atom is -0.467 e. The first kappa shape index (κ1) is 21.7. The number of methoxy groups -OCH3 is 2. The Morgan fingerprint density at radius 2 is 2.00 bits per heavy atom. The lowest BCUT2D eigenvalue weighted by molar-refractivity contribution is 0.0601. The number of nitrogens with zero attached hydrogens (tertiary/aromatic N) is 3. The van der Waals surface area contributed by atoms with Crippen molar-refractivity contribution in [1.29, 1.82) is 0 Å². The van der Waals surface area contributed by atoms with Crippen LogP contribution >= 0.6 is 0 Å². The molecule has 9 heteroatoms. The summed E-state index contributed by atoms with van der Waals surface area (Å²) in [6, 6.07) is 15.3. The molecule has 5 aromatic rings. The van der Waals surface area contributed by atoms with E-state index in [4.69, 9.17) is 23.3 Å². The van der Waals surface area contributed by atoms with E-state index < -0.39 is 5.97 Å². The minimum atomic E-state index is -0.393. The van der Waals surface area contributed by atoms with E-state index in [1.807, 2.05) is 36.4 Å². The maximum absolute atomic E-state index is 12.0. The zero-order chi connectivity index (χ0) is 23.5. The largest absolute Gasteiger partial charge is 0.467 e. The van der Waals surface area contributed by atoms with Gasteiger partial charge in [0.2, 0.25) is 0 Å². The molecule has 0 unspecified atom stereocenters. The molecule has 0 radical (unpaired) electrons. The number of ether oxygens (including phenoxy) is 2. The Balaban J connectivity index is 1.51. The van der Waals surface area contributed by atoms with Crippen LogP contribution in [0, 0.1) is 0 Å². The highest BCUT2D eigenvalue weighted by atomic mass is 16.5. The zero-order valence-electron chi connectivity index (χ0n) is 18.9. The Morgan fingerprint density at radius 3 is 2.79 bits per heavy atom. The summed E-state index contributed by atoms with van der Waals surface area (Å²) in [7, 11) is 3.05.